The van der Waals surface area contributed by atoms with Crippen molar-refractivity contribution in [1.82, 2.24) is 4.90 Å². The van der Waals surface area contributed by atoms with E-state index in [2.05, 4.69) is 26.0 Å². The highest BCUT2D eigenvalue weighted by atomic mass is 16.5. The average molecular weight is 465 g/mol. The van der Waals surface area contributed by atoms with Gasteiger partial charge in [-0.25, -0.2) is 0 Å². The van der Waals surface area contributed by atoms with Gasteiger partial charge in [-0.15, -0.1) is 0 Å². The topological polar surface area (TPSA) is 52.6 Å². The van der Waals surface area contributed by atoms with Gasteiger partial charge >= 0.3 is 0 Å². The van der Waals surface area contributed by atoms with E-state index < -0.39 is 0 Å². The summed E-state index contributed by atoms with van der Waals surface area (Å²) in [6, 6.07) is 16.6. The lowest BCUT2D eigenvalue weighted by Crippen LogP contribution is -2.48. The van der Waals surface area contributed by atoms with Crippen molar-refractivity contribution in [1.29, 1.82) is 0 Å². The van der Waals surface area contributed by atoms with E-state index in [4.69, 9.17) is 4.74 Å². The number of quaternary nitrogens is 1. The number of ether oxygens (including phenoxy) is 1. The van der Waals surface area contributed by atoms with Gasteiger partial charge in [0.05, 0.1) is 19.2 Å². The number of benzene rings is 2. The Labute approximate surface area is 204 Å². The molecule has 2 aliphatic rings. The Balaban J connectivity index is 1.42. The van der Waals surface area contributed by atoms with Gasteiger partial charge in [0.2, 0.25) is 0 Å². The van der Waals surface area contributed by atoms with Crippen molar-refractivity contribution in [3.8, 4) is 5.75 Å². The molecule has 5 heteroatoms. The summed E-state index contributed by atoms with van der Waals surface area (Å²) in [6.45, 7) is 9.96. The summed E-state index contributed by atoms with van der Waals surface area (Å²) in [5.74, 6) is 1.39. The summed E-state index contributed by atoms with van der Waals surface area (Å²) in [5, 5.41) is 13.6. The number of hydroxylamine groups is 3. The van der Waals surface area contributed by atoms with Crippen molar-refractivity contribution in [2.75, 3.05) is 13.1 Å². The third-order valence-electron chi connectivity index (χ3n) is 7.56. The molecule has 2 unspecified atom stereocenters. The van der Waals surface area contributed by atoms with Crippen LogP contribution in [0.1, 0.15) is 87.2 Å². The van der Waals surface area contributed by atoms with Crippen LogP contribution in [-0.4, -0.2) is 46.7 Å². The molecule has 1 amide bonds. The van der Waals surface area contributed by atoms with E-state index in [0.717, 1.165) is 37.0 Å². The summed E-state index contributed by atoms with van der Waals surface area (Å²) in [6.07, 6.45) is 5.13. The fraction of sp³-hybridized carbons (Fsp3) is 0.552. The van der Waals surface area contributed by atoms with E-state index in [1.807, 2.05) is 55.1 Å². The molecular formula is C29H40N2O3. The molecular weight excluding hydrogens is 424 g/mol. The lowest BCUT2D eigenvalue weighted by molar-refractivity contribution is -0.899. The van der Waals surface area contributed by atoms with Gasteiger partial charge in [0.1, 0.15) is 12.3 Å². The number of amides is 1. The number of hydrogen-bond donors (Lipinski definition) is 0. The van der Waals surface area contributed by atoms with E-state index in [9.17, 15) is 10.0 Å². The van der Waals surface area contributed by atoms with Crippen molar-refractivity contribution in [3.63, 3.8) is 0 Å². The Morgan fingerprint density at radius 2 is 1.71 bits per heavy atom. The Morgan fingerprint density at radius 1 is 1.03 bits per heavy atom. The first-order chi connectivity index (χ1) is 16.3. The monoisotopic (exact) mass is 464 g/mol. The van der Waals surface area contributed by atoms with Crippen LogP contribution >= 0.6 is 0 Å². The number of likely N-dealkylation sites (tertiary alicyclic amines) is 2. The molecule has 2 atom stereocenters. The van der Waals surface area contributed by atoms with Crippen LogP contribution in [0.25, 0.3) is 0 Å². The summed E-state index contributed by atoms with van der Waals surface area (Å²) in [4.78, 5) is 15.3. The lowest BCUT2D eigenvalue weighted by Gasteiger charge is -2.47. The molecule has 4 rings (SSSR count). The van der Waals surface area contributed by atoms with Gasteiger partial charge in [-0.05, 0) is 76.6 Å². The molecule has 2 heterocycles. The summed E-state index contributed by atoms with van der Waals surface area (Å²) < 4.78 is 5.80. The van der Waals surface area contributed by atoms with Crippen molar-refractivity contribution in [3.05, 3.63) is 70.4 Å². The molecule has 2 aromatic rings. The molecule has 2 aliphatic heterocycles. The summed E-state index contributed by atoms with van der Waals surface area (Å²) >= 11 is 0. The number of rotatable bonds is 6. The van der Waals surface area contributed by atoms with Crippen LogP contribution in [0.4, 0.5) is 0 Å². The van der Waals surface area contributed by atoms with Crippen LogP contribution in [0.5, 0.6) is 5.75 Å². The van der Waals surface area contributed by atoms with Crippen LogP contribution < -0.4 is 4.74 Å². The minimum atomic E-state index is -0.224. The van der Waals surface area contributed by atoms with E-state index in [1.54, 1.807) is 0 Å². The third kappa shape index (κ3) is 5.64. The standard InChI is InChI=1S/C29H40N2O3/c1-21(2)34-28-14-6-5-13-27(28)25-15-17-31(33,18-16-25)20-24-11-8-12-26(19-24)29(32)30-22(3)9-7-10-23(30)4/h5-6,8,11-14,19,21-23,25H,7,9-10,15-18,20H2,1-4H3. The fourth-order valence-electron chi connectivity index (χ4n) is 5.79. The second kappa shape index (κ2) is 10.5. The number of piperidine rings is 2. The van der Waals surface area contributed by atoms with Crippen molar-refractivity contribution in [2.45, 2.75) is 90.4 Å². The van der Waals surface area contributed by atoms with Crippen molar-refractivity contribution < 1.29 is 14.2 Å². The maximum atomic E-state index is 13.6. The number of nitrogens with zero attached hydrogens (tertiary/aromatic N) is 2. The van der Waals surface area contributed by atoms with Gasteiger partial charge in [-0.1, -0.05) is 30.3 Å². The highest BCUT2D eigenvalue weighted by molar-refractivity contribution is 5.94. The maximum Gasteiger partial charge on any atom is 0.254 e. The van der Waals surface area contributed by atoms with E-state index in [1.165, 1.54) is 12.0 Å². The van der Waals surface area contributed by atoms with Crippen LogP contribution in [0.3, 0.4) is 0 Å². The number of hydrogen-bond acceptors (Lipinski definition) is 3. The molecule has 0 aliphatic carbocycles. The quantitative estimate of drug-likeness (QED) is 0.374. The van der Waals surface area contributed by atoms with Crippen molar-refractivity contribution in [2.24, 2.45) is 0 Å². The largest absolute Gasteiger partial charge is 0.633 e. The van der Waals surface area contributed by atoms with Crippen LogP contribution in [0, 0.1) is 5.21 Å². The fourth-order valence-corrected chi connectivity index (χ4v) is 5.79. The zero-order valence-corrected chi connectivity index (χ0v) is 21.2. The molecule has 5 nitrogen and oxygen atoms in total. The zero-order valence-electron chi connectivity index (χ0n) is 21.2. The van der Waals surface area contributed by atoms with Gasteiger partial charge in [0.25, 0.3) is 5.91 Å². The first kappa shape index (κ1) is 24.7. The van der Waals surface area contributed by atoms with Crippen LogP contribution in [0.2, 0.25) is 0 Å². The molecule has 0 saturated carbocycles. The zero-order chi connectivity index (χ0) is 24.3. The van der Waals surface area contributed by atoms with Gasteiger partial charge in [0, 0.05) is 36.1 Å². The molecule has 0 aromatic heterocycles. The summed E-state index contributed by atoms with van der Waals surface area (Å²) in [7, 11) is 0. The Morgan fingerprint density at radius 3 is 2.38 bits per heavy atom. The molecule has 184 valence electrons. The molecule has 2 fully saturated rings. The number of carbonyl (C=O) groups excluding carboxylic acids is 1. The van der Waals surface area contributed by atoms with Gasteiger partial charge in [-0.2, -0.15) is 0 Å². The molecule has 2 saturated heterocycles. The van der Waals surface area contributed by atoms with E-state index in [-0.39, 0.29) is 28.7 Å². The number of para-hydroxylation sites is 1. The second-order valence-corrected chi connectivity index (χ2v) is 10.7. The average Bonchev–Trinajstić information content (AvgIpc) is 2.79. The first-order valence-electron chi connectivity index (χ1n) is 13.0. The highest BCUT2D eigenvalue weighted by Crippen LogP contribution is 2.37. The highest BCUT2D eigenvalue weighted by Gasteiger charge is 2.32. The molecule has 0 radical (unpaired) electrons. The predicted octanol–water partition coefficient (Wildman–Crippen LogP) is 6.27. The molecule has 0 N–H and O–H groups in total. The van der Waals surface area contributed by atoms with Crippen LogP contribution in [-0.2, 0) is 6.54 Å². The second-order valence-electron chi connectivity index (χ2n) is 10.7. The van der Waals surface area contributed by atoms with Gasteiger partial charge in [0.15, 0.2) is 0 Å². The molecule has 34 heavy (non-hydrogen) atoms. The first-order valence-corrected chi connectivity index (χ1v) is 13.0. The smallest absolute Gasteiger partial charge is 0.254 e. The van der Waals surface area contributed by atoms with Gasteiger partial charge in [-0.3, -0.25) is 4.79 Å². The van der Waals surface area contributed by atoms with Crippen molar-refractivity contribution >= 4 is 5.91 Å². The SMILES string of the molecule is CC(C)Oc1ccccc1C1CC[N+]([O-])(Cc2cccc(C(=O)N3C(C)CCCC3C)c2)CC1. The summed E-state index contributed by atoms with van der Waals surface area (Å²) in [5.41, 5.74) is 2.89. The van der Waals surface area contributed by atoms with E-state index >= 15 is 0 Å². The van der Waals surface area contributed by atoms with Crippen LogP contribution in [0.15, 0.2) is 48.5 Å². The minimum Gasteiger partial charge on any atom is -0.633 e. The van der Waals surface area contributed by atoms with E-state index in [0.29, 0.717) is 31.1 Å². The Hall–Kier alpha value is -2.37. The normalized spacial score (nSPS) is 27.6. The minimum absolute atomic E-state index is 0.0967. The maximum absolute atomic E-state index is 13.6. The molecule has 0 bridgehead atoms. The lowest BCUT2D eigenvalue weighted by atomic mass is 9.88. The van der Waals surface area contributed by atoms with Gasteiger partial charge < -0.3 is 19.5 Å². The molecule has 2 aromatic carbocycles. The Kier molecular flexibility index (Phi) is 7.63. The predicted molar refractivity (Wildman–Crippen MR) is 137 cm³/mol. The Bertz CT molecular complexity index is 971. The number of carbonyl (C=O) groups is 1. The molecule has 0 spiro atoms. The third-order valence-corrected chi connectivity index (χ3v) is 7.56.